The third-order valence-corrected chi connectivity index (χ3v) is 12.7. The number of ether oxygens (including phenoxy) is 2. The van der Waals surface area contributed by atoms with Crippen molar-refractivity contribution in [3.05, 3.63) is 34.0 Å². The normalized spacial score (nSPS) is 13.0. The average Bonchev–Trinajstić information content (AvgIpc) is 3.89. The molecule has 1 aliphatic rings. The minimum Gasteiger partial charge on any atom is -0.491 e. The molecule has 262 valence electrons. The smallest absolute Gasteiger partial charge is 0.263 e. The molecule has 5 rings (SSSR count). The SMILES string of the molecule is CCCCCCCCOc1c2cc(-c3scc4c3C(=O)N(CCCCCCCC)C4=O)sc2c(OCCCCCCCC)c2ccsc12. The molecule has 0 fully saturated rings. The zero-order valence-electron chi connectivity index (χ0n) is 29.5. The highest BCUT2D eigenvalue weighted by molar-refractivity contribution is 7.26. The first-order chi connectivity index (χ1) is 23.6. The third kappa shape index (κ3) is 8.83. The van der Waals surface area contributed by atoms with Crippen molar-refractivity contribution in [2.24, 2.45) is 0 Å². The lowest BCUT2D eigenvalue weighted by Gasteiger charge is -2.14. The molecule has 3 aromatic heterocycles. The summed E-state index contributed by atoms with van der Waals surface area (Å²) in [5.74, 6) is 1.58. The second-order valence-corrected chi connectivity index (χ2v) is 16.1. The van der Waals surface area contributed by atoms with Gasteiger partial charge in [0.2, 0.25) is 0 Å². The van der Waals surface area contributed by atoms with Crippen molar-refractivity contribution in [1.82, 2.24) is 4.90 Å². The molecule has 1 aliphatic heterocycles. The van der Waals surface area contributed by atoms with Gasteiger partial charge in [0, 0.05) is 27.6 Å². The number of carbonyl (C=O) groups excluding carboxylic acids is 2. The Morgan fingerprint density at radius 1 is 0.625 bits per heavy atom. The van der Waals surface area contributed by atoms with Gasteiger partial charge in [0.25, 0.3) is 11.8 Å². The lowest BCUT2D eigenvalue weighted by atomic mass is 10.1. The average molecular weight is 710 g/mol. The molecule has 0 atom stereocenters. The molecule has 2 amide bonds. The van der Waals surface area contributed by atoms with E-state index in [1.165, 1.54) is 99.7 Å². The number of amides is 2. The van der Waals surface area contributed by atoms with E-state index in [2.05, 4.69) is 38.3 Å². The van der Waals surface area contributed by atoms with Crippen LogP contribution < -0.4 is 9.47 Å². The van der Waals surface area contributed by atoms with E-state index >= 15 is 0 Å². The number of carbonyl (C=O) groups is 2. The van der Waals surface area contributed by atoms with E-state index in [1.807, 2.05) is 5.38 Å². The largest absolute Gasteiger partial charge is 0.491 e. The van der Waals surface area contributed by atoms with Gasteiger partial charge >= 0.3 is 0 Å². The fourth-order valence-electron chi connectivity index (χ4n) is 6.68. The van der Waals surface area contributed by atoms with E-state index in [0.29, 0.717) is 30.9 Å². The van der Waals surface area contributed by atoms with Crippen molar-refractivity contribution in [2.45, 2.75) is 136 Å². The number of hydrogen-bond acceptors (Lipinski definition) is 7. The van der Waals surface area contributed by atoms with Crippen LogP contribution in [-0.2, 0) is 0 Å². The zero-order valence-corrected chi connectivity index (χ0v) is 31.9. The van der Waals surface area contributed by atoms with Gasteiger partial charge in [-0.1, -0.05) is 117 Å². The summed E-state index contributed by atoms with van der Waals surface area (Å²) in [6, 6.07) is 4.35. The van der Waals surface area contributed by atoms with Gasteiger partial charge in [-0.3, -0.25) is 14.5 Å². The van der Waals surface area contributed by atoms with Crippen molar-refractivity contribution in [3.8, 4) is 21.3 Å². The van der Waals surface area contributed by atoms with Crippen LogP contribution in [0.1, 0.15) is 157 Å². The quantitative estimate of drug-likeness (QED) is 0.0537. The van der Waals surface area contributed by atoms with E-state index in [1.54, 1.807) is 22.7 Å². The number of nitrogens with zero attached hydrogens (tertiary/aromatic N) is 1. The molecule has 0 saturated carbocycles. The number of thiophene rings is 3. The van der Waals surface area contributed by atoms with Crippen LogP contribution in [0.2, 0.25) is 0 Å². The molecule has 0 aliphatic carbocycles. The fourth-order valence-corrected chi connectivity index (χ4v) is 9.92. The predicted molar refractivity (Wildman–Crippen MR) is 207 cm³/mol. The second-order valence-electron chi connectivity index (χ2n) is 13.3. The highest BCUT2D eigenvalue weighted by Crippen LogP contribution is 2.52. The Kier molecular flexibility index (Phi) is 14.7. The first-order valence-electron chi connectivity index (χ1n) is 18.8. The van der Waals surface area contributed by atoms with Crippen molar-refractivity contribution in [3.63, 3.8) is 0 Å². The Morgan fingerprint density at radius 2 is 1.19 bits per heavy atom. The highest BCUT2D eigenvalue weighted by atomic mass is 32.1. The van der Waals surface area contributed by atoms with E-state index in [-0.39, 0.29) is 11.8 Å². The topological polar surface area (TPSA) is 55.8 Å². The van der Waals surface area contributed by atoms with Crippen molar-refractivity contribution in [2.75, 3.05) is 19.8 Å². The Balaban J connectivity index is 1.40. The van der Waals surface area contributed by atoms with Gasteiger partial charge in [-0.25, -0.2) is 0 Å². The van der Waals surface area contributed by atoms with Crippen LogP contribution in [0, 0.1) is 0 Å². The summed E-state index contributed by atoms with van der Waals surface area (Å²) < 4.78 is 15.5. The van der Waals surface area contributed by atoms with Crippen LogP contribution in [0.25, 0.3) is 29.9 Å². The number of unbranched alkanes of at least 4 members (excludes halogenated alkanes) is 15. The summed E-state index contributed by atoms with van der Waals surface area (Å²) in [7, 11) is 0. The molecule has 4 heterocycles. The third-order valence-electron chi connectivity index (χ3n) is 9.47. The molecule has 0 bridgehead atoms. The standard InChI is InChI=1S/C40H55NO4S3/c1-4-7-10-13-16-19-23-41-39(42)31-28-47-38(33(31)40(41)43)32-27-30-35(45-25-21-18-15-12-9-6-3)36-29(22-26-46-36)34(37(30)48-32)44-24-20-17-14-11-8-5-2/h22,26-28H,4-21,23-25H2,1-3H3. The molecule has 0 N–H and O–H groups in total. The van der Waals surface area contributed by atoms with Crippen LogP contribution >= 0.6 is 34.0 Å². The van der Waals surface area contributed by atoms with Crippen molar-refractivity contribution >= 4 is 66.0 Å². The minimum atomic E-state index is -0.141. The van der Waals surface area contributed by atoms with E-state index < -0.39 is 0 Å². The Hall–Kier alpha value is -2.42. The van der Waals surface area contributed by atoms with Crippen LogP contribution in [-0.4, -0.2) is 36.5 Å². The second kappa shape index (κ2) is 19.1. The summed E-state index contributed by atoms with van der Waals surface area (Å²) in [5, 5.41) is 6.19. The number of benzene rings is 1. The molecule has 48 heavy (non-hydrogen) atoms. The summed E-state index contributed by atoms with van der Waals surface area (Å²) in [4.78, 5) is 30.5. The summed E-state index contributed by atoms with van der Waals surface area (Å²) in [6.45, 7) is 8.59. The van der Waals surface area contributed by atoms with Crippen molar-refractivity contribution < 1.29 is 19.1 Å². The predicted octanol–water partition coefficient (Wildman–Crippen LogP) is 13.3. The fraction of sp³-hybridized carbons (Fsp3) is 0.600. The molecule has 1 aromatic carbocycles. The Labute approximate surface area is 300 Å². The van der Waals surface area contributed by atoms with Gasteiger partial charge in [-0.2, -0.15) is 0 Å². The van der Waals surface area contributed by atoms with E-state index in [0.717, 1.165) is 73.5 Å². The van der Waals surface area contributed by atoms with E-state index in [4.69, 9.17) is 9.47 Å². The van der Waals surface area contributed by atoms with Crippen LogP contribution in [0.4, 0.5) is 0 Å². The highest BCUT2D eigenvalue weighted by Gasteiger charge is 2.39. The van der Waals surface area contributed by atoms with Crippen LogP contribution in [0.3, 0.4) is 0 Å². The van der Waals surface area contributed by atoms with Gasteiger partial charge < -0.3 is 9.47 Å². The number of hydrogen-bond donors (Lipinski definition) is 0. The summed E-state index contributed by atoms with van der Waals surface area (Å²) >= 11 is 4.89. The van der Waals surface area contributed by atoms with E-state index in [9.17, 15) is 9.59 Å². The van der Waals surface area contributed by atoms with Gasteiger partial charge in [0.1, 0.15) is 11.5 Å². The Morgan fingerprint density at radius 3 is 1.81 bits per heavy atom. The molecule has 0 saturated heterocycles. The molecular weight excluding hydrogens is 655 g/mol. The van der Waals surface area contributed by atoms with Gasteiger partial charge in [0.05, 0.1) is 38.6 Å². The molecule has 0 unspecified atom stereocenters. The summed E-state index contributed by atoms with van der Waals surface area (Å²) in [5.41, 5.74) is 1.14. The molecule has 0 spiro atoms. The molecule has 0 radical (unpaired) electrons. The van der Waals surface area contributed by atoms with Gasteiger partial charge in [-0.15, -0.1) is 34.0 Å². The maximum Gasteiger partial charge on any atom is 0.263 e. The number of fused-ring (bicyclic) bond motifs is 3. The number of imide groups is 1. The Bertz CT molecular complexity index is 1550. The summed E-state index contributed by atoms with van der Waals surface area (Å²) in [6.07, 6.45) is 21.3. The lowest BCUT2D eigenvalue weighted by molar-refractivity contribution is 0.0651. The maximum atomic E-state index is 13.7. The molecule has 4 aromatic rings. The zero-order chi connectivity index (χ0) is 33.7. The number of rotatable bonds is 24. The van der Waals surface area contributed by atoms with Crippen molar-refractivity contribution in [1.29, 1.82) is 0 Å². The maximum absolute atomic E-state index is 13.7. The van der Waals surface area contributed by atoms with Crippen LogP contribution in [0.5, 0.6) is 11.5 Å². The molecular formula is C40H55NO4S3. The minimum absolute atomic E-state index is 0.140. The molecule has 5 nitrogen and oxygen atoms in total. The first-order valence-corrected chi connectivity index (χ1v) is 21.4. The first kappa shape index (κ1) is 36.9. The van der Waals surface area contributed by atoms with Crippen LogP contribution in [0.15, 0.2) is 22.9 Å². The lowest BCUT2D eigenvalue weighted by Crippen LogP contribution is -2.30. The molecule has 8 heteroatoms. The van der Waals surface area contributed by atoms with Gasteiger partial charge in [0.15, 0.2) is 0 Å². The van der Waals surface area contributed by atoms with Gasteiger partial charge in [-0.05, 0) is 36.8 Å². The monoisotopic (exact) mass is 709 g/mol.